The molecule has 0 saturated carbocycles. The second kappa shape index (κ2) is 3.61. The minimum atomic E-state index is 0.420. The first-order valence-corrected chi connectivity index (χ1v) is 5.20. The summed E-state index contributed by atoms with van der Waals surface area (Å²) in [5.74, 6) is 2.36. The molecule has 0 aliphatic heterocycles. The van der Waals surface area contributed by atoms with Crippen molar-refractivity contribution >= 4 is 11.0 Å². The maximum atomic E-state index is 5.80. The second-order valence-corrected chi connectivity index (χ2v) is 4.11. The number of furan rings is 1. The Morgan fingerprint density at radius 1 is 1.27 bits per heavy atom. The van der Waals surface area contributed by atoms with Crippen molar-refractivity contribution in [3.63, 3.8) is 0 Å². The number of fused-ring (bicyclic) bond motifs is 1. The summed E-state index contributed by atoms with van der Waals surface area (Å²) < 4.78 is 11.0. The van der Waals surface area contributed by atoms with Crippen LogP contribution in [0.15, 0.2) is 22.6 Å². The van der Waals surface area contributed by atoms with Crippen LogP contribution in [0.2, 0.25) is 0 Å². The molecule has 0 fully saturated rings. The van der Waals surface area contributed by atoms with Gasteiger partial charge >= 0.3 is 0 Å². The molecule has 1 aromatic carbocycles. The van der Waals surface area contributed by atoms with Gasteiger partial charge in [-0.05, 0) is 30.7 Å². The lowest BCUT2D eigenvalue weighted by Crippen LogP contribution is -1.85. The molecule has 0 bridgehead atoms. The summed E-state index contributed by atoms with van der Waals surface area (Å²) in [6.07, 6.45) is 0. The van der Waals surface area contributed by atoms with Gasteiger partial charge in [0, 0.05) is 11.3 Å². The lowest BCUT2D eigenvalue weighted by Gasteiger charge is -2.00. The number of methoxy groups -OCH3 is 1. The van der Waals surface area contributed by atoms with Crippen molar-refractivity contribution in [1.29, 1.82) is 0 Å². The highest BCUT2D eigenvalue weighted by Crippen LogP contribution is 2.32. The summed E-state index contributed by atoms with van der Waals surface area (Å²) in [5, 5.41) is 1.15. The number of hydrogen-bond acceptors (Lipinski definition) is 2. The van der Waals surface area contributed by atoms with Gasteiger partial charge in [0.2, 0.25) is 0 Å². The summed E-state index contributed by atoms with van der Waals surface area (Å²) in [6.45, 7) is 6.38. The highest BCUT2D eigenvalue weighted by Gasteiger charge is 2.13. The van der Waals surface area contributed by atoms with E-state index in [1.807, 2.05) is 18.2 Å². The fraction of sp³-hybridized carbons (Fsp3) is 0.385. The molecule has 2 rings (SSSR count). The molecule has 0 atom stereocenters. The van der Waals surface area contributed by atoms with Crippen molar-refractivity contribution in [3.8, 4) is 5.75 Å². The lowest BCUT2D eigenvalue weighted by atomic mass is 10.1. The standard InChI is InChI=1S/C13H16O2/c1-8(2)13-9(3)11-7-10(14-4)5-6-12(11)15-13/h5-8H,1-4H3. The first kappa shape index (κ1) is 10.1. The van der Waals surface area contributed by atoms with Crippen molar-refractivity contribution in [1.82, 2.24) is 0 Å². The largest absolute Gasteiger partial charge is 0.497 e. The zero-order valence-electron chi connectivity index (χ0n) is 9.63. The summed E-state index contributed by atoms with van der Waals surface area (Å²) in [6, 6.07) is 5.92. The minimum Gasteiger partial charge on any atom is -0.497 e. The molecule has 2 heteroatoms. The highest BCUT2D eigenvalue weighted by molar-refractivity contribution is 5.83. The number of hydrogen-bond donors (Lipinski definition) is 0. The molecule has 15 heavy (non-hydrogen) atoms. The molecule has 0 aliphatic carbocycles. The van der Waals surface area contributed by atoms with E-state index < -0.39 is 0 Å². The third-order valence-electron chi connectivity index (χ3n) is 2.70. The summed E-state index contributed by atoms with van der Waals surface area (Å²) in [5.41, 5.74) is 2.16. The van der Waals surface area contributed by atoms with Crippen LogP contribution in [0, 0.1) is 6.92 Å². The molecule has 0 radical (unpaired) electrons. The van der Waals surface area contributed by atoms with E-state index in [4.69, 9.17) is 9.15 Å². The quantitative estimate of drug-likeness (QED) is 0.740. The van der Waals surface area contributed by atoms with Gasteiger partial charge in [-0.15, -0.1) is 0 Å². The van der Waals surface area contributed by atoms with Crippen LogP contribution >= 0.6 is 0 Å². The summed E-state index contributed by atoms with van der Waals surface area (Å²) in [4.78, 5) is 0. The van der Waals surface area contributed by atoms with Crippen LogP contribution in [0.3, 0.4) is 0 Å². The van der Waals surface area contributed by atoms with Crippen LogP contribution in [-0.4, -0.2) is 7.11 Å². The van der Waals surface area contributed by atoms with Gasteiger partial charge in [0.25, 0.3) is 0 Å². The fourth-order valence-corrected chi connectivity index (χ4v) is 1.90. The molecule has 0 saturated heterocycles. The monoisotopic (exact) mass is 204 g/mol. The molecule has 0 spiro atoms. The van der Waals surface area contributed by atoms with Gasteiger partial charge in [-0.1, -0.05) is 13.8 Å². The normalized spacial score (nSPS) is 11.3. The molecule has 0 amide bonds. The first-order valence-electron chi connectivity index (χ1n) is 5.20. The summed E-state index contributed by atoms with van der Waals surface area (Å²) in [7, 11) is 1.68. The van der Waals surface area contributed by atoms with E-state index in [1.165, 1.54) is 5.56 Å². The van der Waals surface area contributed by atoms with E-state index in [-0.39, 0.29) is 0 Å². The van der Waals surface area contributed by atoms with Crippen molar-refractivity contribution in [3.05, 3.63) is 29.5 Å². The smallest absolute Gasteiger partial charge is 0.134 e. The molecule has 0 aliphatic rings. The fourth-order valence-electron chi connectivity index (χ4n) is 1.90. The van der Waals surface area contributed by atoms with Gasteiger partial charge in [0.15, 0.2) is 0 Å². The SMILES string of the molecule is COc1ccc2oc(C(C)C)c(C)c2c1. The highest BCUT2D eigenvalue weighted by atomic mass is 16.5. The first-order chi connectivity index (χ1) is 7.13. The van der Waals surface area contributed by atoms with Crippen molar-refractivity contribution in [2.45, 2.75) is 26.7 Å². The molecular weight excluding hydrogens is 188 g/mol. The Balaban J connectivity index is 2.66. The minimum absolute atomic E-state index is 0.420. The van der Waals surface area contributed by atoms with Crippen LogP contribution in [0.4, 0.5) is 0 Å². The second-order valence-electron chi connectivity index (χ2n) is 4.11. The van der Waals surface area contributed by atoms with Crippen molar-refractivity contribution < 1.29 is 9.15 Å². The number of benzene rings is 1. The maximum absolute atomic E-state index is 5.80. The Labute approximate surface area is 89.8 Å². The van der Waals surface area contributed by atoms with Gasteiger partial charge in [-0.2, -0.15) is 0 Å². The lowest BCUT2D eigenvalue weighted by molar-refractivity contribution is 0.415. The molecular formula is C13H16O2. The number of aryl methyl sites for hydroxylation is 1. The van der Waals surface area contributed by atoms with Gasteiger partial charge in [-0.25, -0.2) is 0 Å². The average Bonchev–Trinajstić information content (AvgIpc) is 2.56. The zero-order valence-corrected chi connectivity index (χ0v) is 9.63. The van der Waals surface area contributed by atoms with E-state index >= 15 is 0 Å². The third-order valence-corrected chi connectivity index (χ3v) is 2.70. The van der Waals surface area contributed by atoms with Gasteiger partial charge in [0.05, 0.1) is 7.11 Å². The van der Waals surface area contributed by atoms with Gasteiger partial charge in [-0.3, -0.25) is 0 Å². The Hall–Kier alpha value is -1.44. The molecule has 0 N–H and O–H groups in total. The predicted molar refractivity (Wildman–Crippen MR) is 61.6 cm³/mol. The van der Waals surface area contributed by atoms with Crippen LogP contribution in [0.25, 0.3) is 11.0 Å². The Morgan fingerprint density at radius 2 is 2.00 bits per heavy atom. The maximum Gasteiger partial charge on any atom is 0.134 e. The van der Waals surface area contributed by atoms with Crippen LogP contribution in [0.5, 0.6) is 5.75 Å². The third kappa shape index (κ3) is 1.60. The predicted octanol–water partition coefficient (Wildman–Crippen LogP) is 3.87. The van der Waals surface area contributed by atoms with Crippen molar-refractivity contribution in [2.24, 2.45) is 0 Å². The molecule has 80 valence electrons. The Bertz CT molecular complexity index is 480. The number of rotatable bonds is 2. The molecule has 2 nitrogen and oxygen atoms in total. The van der Waals surface area contributed by atoms with Crippen LogP contribution in [0.1, 0.15) is 31.1 Å². The van der Waals surface area contributed by atoms with E-state index in [1.54, 1.807) is 7.11 Å². The van der Waals surface area contributed by atoms with Gasteiger partial charge < -0.3 is 9.15 Å². The summed E-state index contributed by atoms with van der Waals surface area (Å²) >= 11 is 0. The Kier molecular flexibility index (Phi) is 2.43. The molecule has 2 aromatic rings. The zero-order chi connectivity index (χ0) is 11.0. The number of ether oxygens (including phenoxy) is 1. The Morgan fingerprint density at radius 3 is 2.60 bits per heavy atom. The van der Waals surface area contributed by atoms with Gasteiger partial charge in [0.1, 0.15) is 17.1 Å². The van der Waals surface area contributed by atoms with E-state index in [2.05, 4.69) is 20.8 Å². The van der Waals surface area contributed by atoms with Crippen molar-refractivity contribution in [2.75, 3.05) is 7.11 Å². The molecule has 1 heterocycles. The van der Waals surface area contributed by atoms with E-state index in [0.29, 0.717) is 5.92 Å². The van der Waals surface area contributed by atoms with E-state index in [0.717, 1.165) is 22.5 Å². The molecule has 0 unspecified atom stereocenters. The molecule has 1 aromatic heterocycles. The van der Waals surface area contributed by atoms with Crippen LogP contribution < -0.4 is 4.74 Å². The van der Waals surface area contributed by atoms with E-state index in [9.17, 15) is 0 Å². The topological polar surface area (TPSA) is 22.4 Å². The average molecular weight is 204 g/mol. The van der Waals surface area contributed by atoms with Crippen LogP contribution in [-0.2, 0) is 0 Å².